The first-order valence-electron chi connectivity index (χ1n) is 5.25. The van der Waals surface area contributed by atoms with Gasteiger partial charge in [-0.2, -0.15) is 0 Å². The van der Waals surface area contributed by atoms with Crippen LogP contribution in [-0.4, -0.2) is 5.78 Å². The fourth-order valence-corrected chi connectivity index (χ4v) is 1.92. The van der Waals surface area contributed by atoms with E-state index in [1.807, 2.05) is 0 Å². The lowest BCUT2D eigenvalue weighted by Crippen LogP contribution is -2.02. The minimum atomic E-state index is -0.443. The van der Waals surface area contributed by atoms with Gasteiger partial charge < -0.3 is 0 Å². The lowest BCUT2D eigenvalue weighted by atomic mass is 10.0. The van der Waals surface area contributed by atoms with Crippen molar-refractivity contribution in [2.24, 2.45) is 0 Å². The van der Waals surface area contributed by atoms with Crippen molar-refractivity contribution in [3.05, 3.63) is 69.2 Å². The summed E-state index contributed by atoms with van der Waals surface area (Å²) < 4.78 is 26.6. The third-order valence-corrected chi connectivity index (χ3v) is 3.22. The lowest BCUT2D eigenvalue weighted by molar-refractivity contribution is 0.103. The van der Waals surface area contributed by atoms with Gasteiger partial charge >= 0.3 is 0 Å². The van der Waals surface area contributed by atoms with Crippen molar-refractivity contribution in [2.75, 3.05) is 0 Å². The molecule has 0 spiro atoms. The van der Waals surface area contributed by atoms with Gasteiger partial charge in [-0.25, -0.2) is 8.78 Å². The number of aryl methyl sites for hydroxylation is 1. The molecular formula is C14H9BrF2O. The molecule has 0 fully saturated rings. The van der Waals surface area contributed by atoms with E-state index in [1.165, 1.54) is 24.3 Å². The maximum Gasteiger partial charge on any atom is 0.193 e. The van der Waals surface area contributed by atoms with E-state index in [4.69, 9.17) is 0 Å². The molecule has 0 radical (unpaired) electrons. The third-order valence-electron chi connectivity index (χ3n) is 2.62. The summed E-state index contributed by atoms with van der Waals surface area (Å²) in [4.78, 5) is 12.1. The van der Waals surface area contributed by atoms with E-state index in [0.29, 0.717) is 11.1 Å². The molecule has 0 heterocycles. The van der Waals surface area contributed by atoms with E-state index in [1.54, 1.807) is 19.1 Å². The van der Waals surface area contributed by atoms with Crippen LogP contribution in [0.2, 0.25) is 0 Å². The predicted octanol–water partition coefficient (Wildman–Crippen LogP) is 4.27. The minimum absolute atomic E-state index is 0.209. The summed E-state index contributed by atoms with van der Waals surface area (Å²) >= 11 is 3.01. The Bertz CT molecular complexity index is 570. The summed E-state index contributed by atoms with van der Waals surface area (Å²) in [7, 11) is 0. The zero-order chi connectivity index (χ0) is 13.3. The van der Waals surface area contributed by atoms with Crippen LogP contribution in [0.5, 0.6) is 0 Å². The van der Waals surface area contributed by atoms with E-state index in [-0.39, 0.29) is 15.8 Å². The van der Waals surface area contributed by atoms with Crippen LogP contribution in [-0.2, 0) is 0 Å². The molecule has 0 N–H and O–H groups in total. The number of halogens is 3. The molecule has 2 rings (SSSR count). The Hall–Kier alpha value is -1.55. The average molecular weight is 311 g/mol. The molecule has 0 amide bonds. The van der Waals surface area contributed by atoms with E-state index in [0.717, 1.165) is 0 Å². The highest BCUT2D eigenvalue weighted by atomic mass is 79.9. The number of carbonyl (C=O) groups is 1. The second-order valence-corrected chi connectivity index (χ2v) is 4.78. The summed E-state index contributed by atoms with van der Waals surface area (Å²) in [6.07, 6.45) is 0. The fourth-order valence-electron chi connectivity index (χ4n) is 1.54. The summed E-state index contributed by atoms with van der Waals surface area (Å²) in [6.45, 7) is 1.62. The Kier molecular flexibility index (Phi) is 3.57. The van der Waals surface area contributed by atoms with Crippen LogP contribution in [0.25, 0.3) is 0 Å². The molecule has 0 bridgehead atoms. The SMILES string of the molecule is Cc1ccc(C(=O)c2ccc(F)c(Br)c2)cc1F. The van der Waals surface area contributed by atoms with Crippen molar-refractivity contribution in [3.8, 4) is 0 Å². The van der Waals surface area contributed by atoms with Crippen molar-refractivity contribution in [1.82, 2.24) is 0 Å². The quantitative estimate of drug-likeness (QED) is 0.757. The van der Waals surface area contributed by atoms with Gasteiger partial charge in [-0.3, -0.25) is 4.79 Å². The molecule has 18 heavy (non-hydrogen) atoms. The maximum atomic E-state index is 13.4. The monoisotopic (exact) mass is 310 g/mol. The van der Waals surface area contributed by atoms with Crippen LogP contribution < -0.4 is 0 Å². The summed E-state index contributed by atoms with van der Waals surface area (Å²) in [5.74, 6) is -1.21. The number of rotatable bonds is 2. The van der Waals surface area contributed by atoms with E-state index >= 15 is 0 Å². The van der Waals surface area contributed by atoms with Gasteiger partial charge in [0, 0.05) is 11.1 Å². The van der Waals surface area contributed by atoms with Crippen molar-refractivity contribution in [3.63, 3.8) is 0 Å². The Morgan fingerprint density at radius 1 is 1.00 bits per heavy atom. The normalized spacial score (nSPS) is 10.4. The Morgan fingerprint density at radius 3 is 2.22 bits per heavy atom. The minimum Gasteiger partial charge on any atom is -0.289 e. The largest absolute Gasteiger partial charge is 0.289 e. The molecule has 0 aliphatic rings. The fraction of sp³-hybridized carbons (Fsp3) is 0.0714. The number of carbonyl (C=O) groups excluding carboxylic acids is 1. The number of hydrogen-bond acceptors (Lipinski definition) is 1. The van der Waals surface area contributed by atoms with Crippen molar-refractivity contribution >= 4 is 21.7 Å². The molecule has 0 unspecified atom stereocenters. The number of ketones is 1. The van der Waals surface area contributed by atoms with Gasteiger partial charge in [0.25, 0.3) is 0 Å². The number of benzene rings is 2. The van der Waals surface area contributed by atoms with Crippen LogP contribution >= 0.6 is 15.9 Å². The molecule has 0 saturated heterocycles. The predicted molar refractivity (Wildman–Crippen MR) is 68.7 cm³/mol. The molecule has 0 saturated carbocycles. The van der Waals surface area contributed by atoms with Gasteiger partial charge in [0.15, 0.2) is 5.78 Å². The lowest BCUT2D eigenvalue weighted by Gasteiger charge is -2.04. The molecule has 1 nitrogen and oxygen atoms in total. The molecule has 4 heteroatoms. The molecule has 0 aliphatic carbocycles. The zero-order valence-electron chi connectivity index (χ0n) is 9.51. The van der Waals surface area contributed by atoms with Crippen molar-refractivity contribution < 1.29 is 13.6 Å². The highest BCUT2D eigenvalue weighted by Crippen LogP contribution is 2.20. The Morgan fingerprint density at radius 2 is 1.61 bits per heavy atom. The molecule has 0 aromatic heterocycles. The van der Waals surface area contributed by atoms with Gasteiger partial charge in [0.1, 0.15) is 11.6 Å². The Labute approximate surface area is 112 Å². The Balaban J connectivity index is 2.41. The van der Waals surface area contributed by atoms with Crippen molar-refractivity contribution in [1.29, 1.82) is 0 Å². The van der Waals surface area contributed by atoms with Gasteiger partial charge in [-0.15, -0.1) is 0 Å². The van der Waals surface area contributed by atoms with Gasteiger partial charge in [0.2, 0.25) is 0 Å². The van der Waals surface area contributed by atoms with E-state index in [9.17, 15) is 13.6 Å². The molecule has 92 valence electrons. The molecule has 2 aromatic carbocycles. The number of hydrogen-bond donors (Lipinski definition) is 0. The zero-order valence-corrected chi connectivity index (χ0v) is 11.1. The second-order valence-electron chi connectivity index (χ2n) is 3.92. The first kappa shape index (κ1) is 12.9. The standard InChI is InChI=1S/C14H9BrF2O/c1-8-2-3-10(7-13(8)17)14(18)9-4-5-12(16)11(15)6-9/h2-7H,1H3. The summed E-state index contributed by atoms with van der Waals surface area (Å²) in [6, 6.07) is 8.24. The highest BCUT2D eigenvalue weighted by Gasteiger charge is 2.12. The molecule has 2 aromatic rings. The van der Waals surface area contributed by atoms with E-state index < -0.39 is 11.6 Å². The van der Waals surface area contributed by atoms with Crippen LogP contribution in [0.1, 0.15) is 21.5 Å². The topological polar surface area (TPSA) is 17.1 Å². The highest BCUT2D eigenvalue weighted by molar-refractivity contribution is 9.10. The van der Waals surface area contributed by atoms with Gasteiger partial charge in [-0.1, -0.05) is 12.1 Å². The molecular weight excluding hydrogens is 302 g/mol. The summed E-state index contributed by atoms with van der Waals surface area (Å²) in [5.41, 5.74) is 1.04. The molecule has 0 aliphatic heterocycles. The second kappa shape index (κ2) is 4.98. The first-order valence-corrected chi connectivity index (χ1v) is 6.04. The van der Waals surface area contributed by atoms with Gasteiger partial charge in [-0.05, 0) is 52.7 Å². The molecule has 0 atom stereocenters. The van der Waals surface area contributed by atoms with Crippen LogP contribution in [0.3, 0.4) is 0 Å². The maximum absolute atomic E-state index is 13.4. The van der Waals surface area contributed by atoms with Gasteiger partial charge in [0.05, 0.1) is 4.47 Å². The van der Waals surface area contributed by atoms with Crippen LogP contribution in [0.4, 0.5) is 8.78 Å². The smallest absolute Gasteiger partial charge is 0.193 e. The third kappa shape index (κ3) is 2.48. The first-order chi connectivity index (χ1) is 8.49. The van der Waals surface area contributed by atoms with Crippen molar-refractivity contribution in [2.45, 2.75) is 6.92 Å². The average Bonchev–Trinajstić information content (AvgIpc) is 2.35. The van der Waals surface area contributed by atoms with Crippen LogP contribution in [0.15, 0.2) is 40.9 Å². The van der Waals surface area contributed by atoms with Crippen LogP contribution in [0, 0.1) is 18.6 Å². The summed E-state index contributed by atoms with van der Waals surface area (Å²) in [5, 5.41) is 0. The van der Waals surface area contributed by atoms with E-state index in [2.05, 4.69) is 15.9 Å².